The van der Waals surface area contributed by atoms with Crippen molar-refractivity contribution in [1.29, 1.82) is 0 Å². The zero-order chi connectivity index (χ0) is 24.7. The number of fused-ring (bicyclic) bond motifs is 2. The molecule has 3 fully saturated rings. The van der Waals surface area contributed by atoms with Gasteiger partial charge in [-0.15, -0.1) is 0 Å². The summed E-state index contributed by atoms with van der Waals surface area (Å²) in [5.41, 5.74) is 0.936. The lowest BCUT2D eigenvalue weighted by atomic mass is 9.84. The van der Waals surface area contributed by atoms with E-state index in [2.05, 4.69) is 20.1 Å². The Morgan fingerprint density at radius 1 is 0.972 bits per heavy atom. The molecule has 6 nitrogen and oxygen atoms in total. The van der Waals surface area contributed by atoms with Crippen molar-refractivity contribution in [2.45, 2.75) is 49.4 Å². The Hall–Kier alpha value is -2.22. The molecule has 2 aromatic carbocycles. The summed E-state index contributed by atoms with van der Waals surface area (Å²) in [7, 11) is 0. The van der Waals surface area contributed by atoms with E-state index in [1.807, 2.05) is 60.8 Å². The molecule has 8 heteroatoms. The minimum absolute atomic E-state index is 0.0970. The predicted molar refractivity (Wildman–Crippen MR) is 144 cm³/mol. The van der Waals surface area contributed by atoms with Crippen LogP contribution in [0.2, 0.25) is 10.0 Å². The highest BCUT2D eigenvalue weighted by molar-refractivity contribution is 6.32. The molecule has 0 saturated carbocycles. The van der Waals surface area contributed by atoms with Gasteiger partial charge in [0.15, 0.2) is 0 Å². The van der Waals surface area contributed by atoms with Crippen LogP contribution in [0, 0.1) is 0 Å². The summed E-state index contributed by atoms with van der Waals surface area (Å²) in [6.45, 7) is 3.81. The van der Waals surface area contributed by atoms with Gasteiger partial charge in [0.2, 0.25) is 0 Å². The molecule has 36 heavy (non-hydrogen) atoms. The number of hydrogen-bond acceptors (Lipinski definition) is 6. The molecule has 3 atom stereocenters. The fraction of sp³-hybridized carbons (Fsp3) is 0.429. The van der Waals surface area contributed by atoms with Crippen LogP contribution in [-0.4, -0.2) is 57.9 Å². The lowest BCUT2D eigenvalue weighted by Crippen LogP contribution is -2.54. The van der Waals surface area contributed by atoms with E-state index in [4.69, 9.17) is 28.2 Å². The summed E-state index contributed by atoms with van der Waals surface area (Å²) in [6, 6.07) is 17.7. The van der Waals surface area contributed by atoms with E-state index < -0.39 is 5.72 Å². The Morgan fingerprint density at radius 2 is 1.64 bits per heavy atom. The number of anilines is 1. The van der Waals surface area contributed by atoms with Crippen molar-refractivity contribution in [2.24, 2.45) is 0 Å². The standard InChI is InChI=1S/C28H31Cl2N5O/c29-23-7-3-1-5-21(23)26(22-6-2-4-8-24(22)30)35-20-9-11-28(35,36)18-19(17-20)27-32-12-10-25(33-27)34-15-13-31-14-16-34/h1-8,10,12,19-20,26,31,36H,9,11,13-18H2. The van der Waals surface area contributed by atoms with E-state index in [1.165, 1.54) is 0 Å². The zero-order valence-electron chi connectivity index (χ0n) is 20.2. The molecule has 3 aromatic rings. The average Bonchev–Trinajstić information content (AvgIpc) is 3.10. The van der Waals surface area contributed by atoms with E-state index in [1.54, 1.807) is 0 Å². The molecule has 3 aliphatic rings. The molecule has 0 amide bonds. The minimum Gasteiger partial charge on any atom is -0.376 e. The average molecular weight is 524 g/mol. The van der Waals surface area contributed by atoms with Gasteiger partial charge in [0.1, 0.15) is 17.4 Å². The maximum absolute atomic E-state index is 12.2. The lowest BCUT2D eigenvalue weighted by Gasteiger charge is -2.48. The van der Waals surface area contributed by atoms with Gasteiger partial charge < -0.3 is 15.3 Å². The van der Waals surface area contributed by atoms with Crippen LogP contribution in [0.1, 0.15) is 54.6 Å². The molecule has 2 N–H and O–H groups in total. The van der Waals surface area contributed by atoms with Gasteiger partial charge in [-0.1, -0.05) is 59.6 Å². The third-order valence-corrected chi connectivity index (χ3v) is 8.71. The molecule has 3 aliphatic heterocycles. The van der Waals surface area contributed by atoms with Crippen LogP contribution in [0.25, 0.3) is 0 Å². The Labute approximate surface area is 222 Å². The van der Waals surface area contributed by atoms with Crippen molar-refractivity contribution < 1.29 is 5.11 Å². The highest BCUT2D eigenvalue weighted by Gasteiger charge is 2.55. The van der Waals surface area contributed by atoms with Crippen LogP contribution in [0.15, 0.2) is 60.8 Å². The molecule has 6 rings (SSSR count). The van der Waals surface area contributed by atoms with Crippen LogP contribution < -0.4 is 10.2 Å². The summed E-state index contributed by atoms with van der Waals surface area (Å²) in [6.07, 6.45) is 4.96. The van der Waals surface area contributed by atoms with E-state index in [-0.39, 0.29) is 18.0 Å². The highest BCUT2D eigenvalue weighted by Crippen LogP contribution is 2.54. The molecule has 4 heterocycles. The summed E-state index contributed by atoms with van der Waals surface area (Å²) in [5.74, 6) is 1.91. The molecular formula is C28H31Cl2N5O. The first-order valence-electron chi connectivity index (χ1n) is 12.8. The smallest absolute Gasteiger partial charge is 0.133 e. The predicted octanol–water partition coefficient (Wildman–Crippen LogP) is 5.01. The van der Waals surface area contributed by atoms with Gasteiger partial charge in [-0.25, -0.2) is 9.97 Å². The van der Waals surface area contributed by atoms with Crippen molar-refractivity contribution in [3.8, 4) is 0 Å². The quantitative estimate of drug-likeness (QED) is 0.489. The fourth-order valence-corrected chi connectivity index (χ4v) is 6.87. The lowest BCUT2D eigenvalue weighted by molar-refractivity contribution is -0.139. The molecule has 3 saturated heterocycles. The molecule has 3 unspecified atom stereocenters. The Morgan fingerprint density at radius 3 is 2.28 bits per heavy atom. The van der Waals surface area contributed by atoms with Crippen molar-refractivity contribution in [1.82, 2.24) is 20.2 Å². The first-order valence-corrected chi connectivity index (χ1v) is 13.6. The Balaban J connectivity index is 1.34. The summed E-state index contributed by atoms with van der Waals surface area (Å²) in [4.78, 5) is 14.2. The van der Waals surface area contributed by atoms with Crippen molar-refractivity contribution in [3.05, 3.63) is 87.8 Å². The van der Waals surface area contributed by atoms with Crippen molar-refractivity contribution >= 4 is 29.0 Å². The van der Waals surface area contributed by atoms with Gasteiger partial charge in [0, 0.05) is 54.4 Å². The first kappa shape index (κ1) is 24.1. The number of piperazine rings is 1. The van der Waals surface area contributed by atoms with Crippen molar-refractivity contribution in [2.75, 3.05) is 31.1 Å². The molecule has 0 spiro atoms. The number of halogens is 2. The number of aromatic nitrogens is 2. The third kappa shape index (κ3) is 4.39. The SMILES string of the molecule is OC12CCC(CC(c3nccc(N4CCNCC4)n3)C1)N2C(c1ccccc1Cl)c1ccccc1Cl. The van der Waals surface area contributed by atoms with Crippen LogP contribution in [0.5, 0.6) is 0 Å². The second-order valence-electron chi connectivity index (χ2n) is 10.2. The normalized spacial score (nSPS) is 26.5. The number of benzene rings is 2. The summed E-state index contributed by atoms with van der Waals surface area (Å²) in [5, 5.41) is 16.9. The third-order valence-electron chi connectivity index (χ3n) is 8.03. The van der Waals surface area contributed by atoms with Crippen LogP contribution >= 0.6 is 23.2 Å². The van der Waals surface area contributed by atoms with Gasteiger partial charge in [0.05, 0.1) is 6.04 Å². The number of nitrogens with one attached hydrogen (secondary N) is 1. The maximum atomic E-state index is 12.2. The van der Waals surface area contributed by atoms with Crippen molar-refractivity contribution in [3.63, 3.8) is 0 Å². The summed E-state index contributed by atoms with van der Waals surface area (Å²) < 4.78 is 0. The molecule has 0 radical (unpaired) electrons. The number of nitrogens with zero attached hydrogens (tertiary/aromatic N) is 4. The van der Waals surface area contributed by atoms with Gasteiger partial charge >= 0.3 is 0 Å². The monoisotopic (exact) mass is 523 g/mol. The molecule has 188 valence electrons. The highest BCUT2D eigenvalue weighted by atomic mass is 35.5. The zero-order valence-corrected chi connectivity index (χ0v) is 21.7. The van der Waals surface area contributed by atoms with Gasteiger partial charge in [-0.2, -0.15) is 0 Å². The van der Waals surface area contributed by atoms with Gasteiger partial charge in [0.25, 0.3) is 0 Å². The minimum atomic E-state index is -0.995. The van der Waals surface area contributed by atoms with E-state index in [0.717, 1.165) is 61.8 Å². The topological polar surface area (TPSA) is 64.5 Å². The number of piperidine rings is 1. The van der Waals surface area contributed by atoms with Gasteiger partial charge in [-0.3, -0.25) is 4.90 Å². The molecule has 0 aliphatic carbocycles. The van der Waals surface area contributed by atoms with Crippen LogP contribution in [0.3, 0.4) is 0 Å². The number of hydrogen-bond donors (Lipinski definition) is 2. The van der Waals surface area contributed by atoms with E-state index in [0.29, 0.717) is 22.9 Å². The Kier molecular flexibility index (Phi) is 6.65. The van der Waals surface area contributed by atoms with E-state index in [9.17, 15) is 5.11 Å². The second kappa shape index (κ2) is 9.92. The first-order chi connectivity index (χ1) is 17.5. The van der Waals surface area contributed by atoms with Crippen LogP contribution in [-0.2, 0) is 0 Å². The number of aliphatic hydroxyl groups is 1. The van der Waals surface area contributed by atoms with E-state index >= 15 is 0 Å². The second-order valence-corrected chi connectivity index (χ2v) is 11.0. The summed E-state index contributed by atoms with van der Waals surface area (Å²) >= 11 is 13.5. The molecular weight excluding hydrogens is 493 g/mol. The molecule has 1 aromatic heterocycles. The van der Waals surface area contributed by atoms with Crippen LogP contribution in [0.4, 0.5) is 5.82 Å². The number of rotatable bonds is 5. The largest absolute Gasteiger partial charge is 0.376 e. The maximum Gasteiger partial charge on any atom is 0.133 e. The fourth-order valence-electron chi connectivity index (χ4n) is 6.39. The van der Waals surface area contributed by atoms with Gasteiger partial charge in [-0.05, 0) is 55.0 Å². The Bertz CT molecular complexity index is 1190. The molecule has 2 bridgehead atoms.